The predicted octanol–water partition coefficient (Wildman–Crippen LogP) is 4.25. The van der Waals surface area contributed by atoms with E-state index in [0.717, 1.165) is 29.8 Å². The SMILES string of the molecule is Cc1cc(C)c(NC(=O)CCNCCc2c[nH]c3ccccc23)c(C)c1. The van der Waals surface area contributed by atoms with Crippen LogP contribution >= 0.6 is 0 Å². The van der Waals surface area contributed by atoms with Crippen LogP contribution in [0.3, 0.4) is 0 Å². The van der Waals surface area contributed by atoms with Gasteiger partial charge in [0.2, 0.25) is 5.91 Å². The topological polar surface area (TPSA) is 56.9 Å². The smallest absolute Gasteiger partial charge is 0.225 e. The molecule has 0 spiro atoms. The molecule has 1 heterocycles. The molecule has 0 aliphatic rings. The molecule has 0 bridgehead atoms. The molecule has 1 aromatic heterocycles. The first-order valence-electron chi connectivity index (χ1n) is 9.18. The number of aryl methyl sites for hydroxylation is 3. The molecule has 136 valence electrons. The molecule has 0 aliphatic carbocycles. The van der Waals surface area contributed by atoms with E-state index in [1.165, 1.54) is 22.0 Å². The maximum atomic E-state index is 12.2. The van der Waals surface area contributed by atoms with E-state index in [4.69, 9.17) is 0 Å². The Morgan fingerprint density at radius 2 is 1.77 bits per heavy atom. The van der Waals surface area contributed by atoms with Crippen molar-refractivity contribution >= 4 is 22.5 Å². The van der Waals surface area contributed by atoms with Crippen molar-refractivity contribution in [3.05, 3.63) is 64.8 Å². The number of nitrogens with one attached hydrogen (secondary N) is 3. The van der Waals surface area contributed by atoms with Crippen LogP contribution in [0.1, 0.15) is 28.7 Å². The molecule has 26 heavy (non-hydrogen) atoms. The number of aromatic amines is 1. The number of para-hydroxylation sites is 1. The molecule has 0 unspecified atom stereocenters. The van der Waals surface area contributed by atoms with Crippen LogP contribution in [0.15, 0.2) is 42.6 Å². The summed E-state index contributed by atoms with van der Waals surface area (Å²) in [6.45, 7) is 7.68. The minimum Gasteiger partial charge on any atom is -0.361 e. The maximum Gasteiger partial charge on any atom is 0.225 e. The molecule has 0 atom stereocenters. The van der Waals surface area contributed by atoms with Crippen LogP contribution in [-0.4, -0.2) is 24.0 Å². The number of hydrogen-bond acceptors (Lipinski definition) is 2. The number of carbonyl (C=O) groups excluding carboxylic acids is 1. The number of fused-ring (bicyclic) bond motifs is 1. The summed E-state index contributed by atoms with van der Waals surface area (Å²) >= 11 is 0. The van der Waals surface area contributed by atoms with Gasteiger partial charge in [-0.05, 0) is 56.5 Å². The summed E-state index contributed by atoms with van der Waals surface area (Å²) < 4.78 is 0. The molecule has 0 saturated carbocycles. The number of amides is 1. The fourth-order valence-corrected chi connectivity index (χ4v) is 3.47. The lowest BCUT2D eigenvalue weighted by molar-refractivity contribution is -0.116. The molecule has 1 amide bonds. The summed E-state index contributed by atoms with van der Waals surface area (Å²) in [7, 11) is 0. The number of H-pyrrole nitrogens is 1. The van der Waals surface area contributed by atoms with Crippen molar-refractivity contribution in [2.45, 2.75) is 33.6 Å². The van der Waals surface area contributed by atoms with Gasteiger partial charge in [0, 0.05) is 35.8 Å². The number of rotatable bonds is 7. The Balaban J connectivity index is 1.43. The van der Waals surface area contributed by atoms with E-state index in [-0.39, 0.29) is 5.91 Å². The third kappa shape index (κ3) is 4.33. The van der Waals surface area contributed by atoms with Crippen molar-refractivity contribution in [3.8, 4) is 0 Å². The van der Waals surface area contributed by atoms with Gasteiger partial charge in [0.15, 0.2) is 0 Å². The molecule has 3 N–H and O–H groups in total. The average molecular weight is 349 g/mol. The largest absolute Gasteiger partial charge is 0.361 e. The van der Waals surface area contributed by atoms with Crippen LogP contribution in [0.2, 0.25) is 0 Å². The van der Waals surface area contributed by atoms with Gasteiger partial charge in [0.25, 0.3) is 0 Å². The van der Waals surface area contributed by atoms with Gasteiger partial charge in [-0.2, -0.15) is 0 Å². The zero-order valence-electron chi connectivity index (χ0n) is 15.8. The Hall–Kier alpha value is -2.59. The van der Waals surface area contributed by atoms with Crippen molar-refractivity contribution < 1.29 is 4.79 Å². The summed E-state index contributed by atoms with van der Waals surface area (Å²) in [6, 6.07) is 12.5. The number of hydrogen-bond donors (Lipinski definition) is 3. The van der Waals surface area contributed by atoms with Crippen molar-refractivity contribution in [3.63, 3.8) is 0 Å². The molecule has 3 aromatic rings. The van der Waals surface area contributed by atoms with Crippen LogP contribution in [0.4, 0.5) is 5.69 Å². The Morgan fingerprint density at radius 3 is 2.54 bits per heavy atom. The minimum atomic E-state index is 0.0552. The summed E-state index contributed by atoms with van der Waals surface area (Å²) in [6.07, 6.45) is 3.49. The molecule has 4 nitrogen and oxygen atoms in total. The molecule has 0 fully saturated rings. The molecule has 2 aromatic carbocycles. The normalized spacial score (nSPS) is 11.0. The van der Waals surface area contributed by atoms with E-state index >= 15 is 0 Å². The van der Waals surface area contributed by atoms with Gasteiger partial charge in [0.05, 0.1) is 0 Å². The highest BCUT2D eigenvalue weighted by Crippen LogP contribution is 2.22. The second-order valence-corrected chi connectivity index (χ2v) is 6.93. The van der Waals surface area contributed by atoms with Crippen molar-refractivity contribution in [2.75, 3.05) is 18.4 Å². The van der Waals surface area contributed by atoms with E-state index < -0.39 is 0 Å². The van der Waals surface area contributed by atoms with Crippen molar-refractivity contribution in [1.29, 1.82) is 0 Å². The van der Waals surface area contributed by atoms with Crippen molar-refractivity contribution in [1.82, 2.24) is 10.3 Å². The standard InChI is InChI=1S/C22H27N3O/c1-15-12-16(2)22(17(3)13-15)25-21(26)9-11-23-10-8-18-14-24-20-7-5-4-6-19(18)20/h4-7,12-14,23-24H,8-11H2,1-3H3,(H,25,26). The molecule has 4 heteroatoms. The Bertz CT molecular complexity index is 888. The van der Waals surface area contributed by atoms with E-state index in [0.29, 0.717) is 13.0 Å². The number of carbonyl (C=O) groups is 1. The van der Waals surface area contributed by atoms with Crippen LogP contribution in [0.25, 0.3) is 10.9 Å². The lowest BCUT2D eigenvalue weighted by atomic mass is 10.1. The Morgan fingerprint density at radius 1 is 1.04 bits per heavy atom. The maximum absolute atomic E-state index is 12.2. The molecule has 0 aliphatic heterocycles. The predicted molar refractivity (Wildman–Crippen MR) is 109 cm³/mol. The highest BCUT2D eigenvalue weighted by Gasteiger charge is 2.08. The number of benzene rings is 2. The first-order chi connectivity index (χ1) is 12.5. The van der Waals surface area contributed by atoms with Crippen LogP contribution in [0, 0.1) is 20.8 Å². The van der Waals surface area contributed by atoms with Gasteiger partial charge < -0.3 is 15.6 Å². The fourth-order valence-electron chi connectivity index (χ4n) is 3.47. The van der Waals surface area contributed by atoms with E-state index in [1.807, 2.05) is 19.9 Å². The monoisotopic (exact) mass is 349 g/mol. The van der Waals surface area contributed by atoms with Crippen LogP contribution < -0.4 is 10.6 Å². The molecule has 0 radical (unpaired) electrons. The second kappa shape index (κ2) is 8.19. The Kier molecular flexibility index (Phi) is 5.74. The summed E-state index contributed by atoms with van der Waals surface area (Å²) in [4.78, 5) is 15.5. The van der Waals surface area contributed by atoms with Crippen LogP contribution in [0.5, 0.6) is 0 Å². The first kappa shape index (κ1) is 18.2. The quantitative estimate of drug-likeness (QED) is 0.558. The highest BCUT2D eigenvalue weighted by molar-refractivity contribution is 5.92. The van der Waals surface area contributed by atoms with Gasteiger partial charge in [-0.15, -0.1) is 0 Å². The summed E-state index contributed by atoms with van der Waals surface area (Å²) in [5.41, 5.74) is 6.87. The summed E-state index contributed by atoms with van der Waals surface area (Å²) in [5, 5.41) is 7.69. The second-order valence-electron chi connectivity index (χ2n) is 6.93. The van der Waals surface area contributed by atoms with E-state index in [2.05, 4.69) is 59.1 Å². The van der Waals surface area contributed by atoms with Gasteiger partial charge in [-0.3, -0.25) is 4.79 Å². The van der Waals surface area contributed by atoms with E-state index in [1.54, 1.807) is 0 Å². The molecular weight excluding hydrogens is 322 g/mol. The highest BCUT2D eigenvalue weighted by atomic mass is 16.1. The number of anilines is 1. The van der Waals surface area contributed by atoms with Gasteiger partial charge >= 0.3 is 0 Å². The third-order valence-electron chi connectivity index (χ3n) is 4.72. The Labute approximate surface area is 155 Å². The van der Waals surface area contributed by atoms with Gasteiger partial charge in [-0.25, -0.2) is 0 Å². The first-order valence-corrected chi connectivity index (χ1v) is 9.18. The molecular formula is C22H27N3O. The zero-order valence-corrected chi connectivity index (χ0v) is 15.8. The molecule has 3 rings (SSSR count). The lowest BCUT2D eigenvalue weighted by Gasteiger charge is -2.13. The summed E-state index contributed by atoms with van der Waals surface area (Å²) in [5.74, 6) is 0.0552. The van der Waals surface area contributed by atoms with E-state index in [9.17, 15) is 4.79 Å². The van der Waals surface area contributed by atoms with Gasteiger partial charge in [-0.1, -0.05) is 35.9 Å². The van der Waals surface area contributed by atoms with Crippen LogP contribution in [-0.2, 0) is 11.2 Å². The fraction of sp³-hybridized carbons (Fsp3) is 0.318. The number of aromatic nitrogens is 1. The zero-order chi connectivity index (χ0) is 18.5. The van der Waals surface area contributed by atoms with Gasteiger partial charge in [0.1, 0.15) is 0 Å². The minimum absolute atomic E-state index is 0.0552. The third-order valence-corrected chi connectivity index (χ3v) is 4.72. The average Bonchev–Trinajstić information content (AvgIpc) is 3.01. The molecule has 0 saturated heterocycles. The van der Waals surface area contributed by atoms with Crippen molar-refractivity contribution in [2.24, 2.45) is 0 Å². The lowest BCUT2D eigenvalue weighted by Crippen LogP contribution is -2.24.